The number of nitrogens with one attached hydrogen (secondary N) is 1. The van der Waals surface area contributed by atoms with E-state index in [1.54, 1.807) is 38.5 Å². The monoisotopic (exact) mass is 357 g/mol. The molecule has 0 aromatic heterocycles. The number of hydrogen-bond donors (Lipinski definition) is 1. The van der Waals surface area contributed by atoms with Crippen molar-refractivity contribution in [1.29, 1.82) is 0 Å². The third-order valence-electron chi connectivity index (χ3n) is 3.99. The molecule has 2 aromatic rings. The van der Waals surface area contributed by atoms with Crippen molar-refractivity contribution in [3.63, 3.8) is 0 Å². The molecule has 0 aliphatic heterocycles. The zero-order chi connectivity index (χ0) is 18.9. The van der Waals surface area contributed by atoms with Crippen LogP contribution < -0.4 is 19.5 Å². The quantitative estimate of drug-likeness (QED) is 0.737. The average molecular weight is 357 g/mol. The van der Waals surface area contributed by atoms with Crippen LogP contribution in [-0.2, 0) is 4.79 Å². The van der Waals surface area contributed by atoms with Gasteiger partial charge in [0, 0.05) is 0 Å². The maximum Gasteiger partial charge on any atom is 0.258 e. The average Bonchev–Trinajstić information content (AvgIpc) is 2.66. The van der Waals surface area contributed by atoms with Gasteiger partial charge in [-0.15, -0.1) is 0 Å². The predicted octanol–water partition coefficient (Wildman–Crippen LogP) is 3.99. The highest BCUT2D eigenvalue weighted by molar-refractivity contribution is 5.78. The summed E-state index contributed by atoms with van der Waals surface area (Å²) in [6, 6.07) is 14.9. The summed E-state index contributed by atoms with van der Waals surface area (Å²) in [6.07, 6.45) is 0.848. The summed E-state index contributed by atoms with van der Waals surface area (Å²) < 4.78 is 15.9. The van der Waals surface area contributed by atoms with Gasteiger partial charge in [0.05, 0.1) is 20.3 Å². The summed E-state index contributed by atoms with van der Waals surface area (Å²) in [5, 5.41) is 3.07. The molecule has 0 fully saturated rings. The van der Waals surface area contributed by atoms with Crippen LogP contribution in [-0.4, -0.2) is 26.7 Å². The van der Waals surface area contributed by atoms with Crippen molar-refractivity contribution in [3.05, 3.63) is 54.1 Å². The van der Waals surface area contributed by atoms with Crippen LogP contribution in [0.2, 0.25) is 0 Å². The summed E-state index contributed by atoms with van der Waals surface area (Å²) in [5.74, 6) is 2.47. The Labute approximate surface area is 155 Å². The van der Waals surface area contributed by atoms with Crippen molar-refractivity contribution in [3.8, 4) is 17.2 Å². The molecule has 2 rings (SSSR count). The van der Waals surface area contributed by atoms with Crippen LogP contribution in [0.25, 0.3) is 0 Å². The minimum Gasteiger partial charge on any atom is -0.497 e. The molecule has 0 saturated carbocycles. The molecule has 5 nitrogen and oxygen atoms in total. The maximum absolute atomic E-state index is 12.3. The first-order valence-electron chi connectivity index (χ1n) is 8.72. The Morgan fingerprint density at radius 2 is 1.38 bits per heavy atom. The van der Waals surface area contributed by atoms with Gasteiger partial charge < -0.3 is 19.5 Å². The molecule has 1 unspecified atom stereocenters. The Kier molecular flexibility index (Phi) is 7.33. The van der Waals surface area contributed by atoms with E-state index >= 15 is 0 Å². The first-order chi connectivity index (χ1) is 12.5. The lowest BCUT2D eigenvalue weighted by molar-refractivity contribution is -0.124. The molecule has 26 heavy (non-hydrogen) atoms. The third-order valence-corrected chi connectivity index (χ3v) is 3.99. The number of methoxy groups -OCH3 is 2. The van der Waals surface area contributed by atoms with E-state index in [0.29, 0.717) is 11.7 Å². The van der Waals surface area contributed by atoms with Gasteiger partial charge in [0.15, 0.2) is 6.61 Å². The lowest BCUT2D eigenvalue weighted by Gasteiger charge is -2.21. The topological polar surface area (TPSA) is 56.8 Å². The SMILES string of the molecule is COc1ccc(OCC(=O)NC(CC(C)C)c2ccc(OC)cc2)cc1. The van der Waals surface area contributed by atoms with E-state index in [1.165, 1.54) is 0 Å². The van der Waals surface area contributed by atoms with Gasteiger partial charge in [-0.25, -0.2) is 0 Å². The zero-order valence-corrected chi connectivity index (χ0v) is 15.8. The highest BCUT2D eigenvalue weighted by Gasteiger charge is 2.16. The van der Waals surface area contributed by atoms with Crippen molar-refractivity contribution in [2.24, 2.45) is 5.92 Å². The number of carbonyl (C=O) groups is 1. The molecule has 0 aliphatic carbocycles. The molecule has 0 radical (unpaired) electrons. The highest BCUT2D eigenvalue weighted by atomic mass is 16.5. The van der Waals surface area contributed by atoms with Gasteiger partial charge in [-0.2, -0.15) is 0 Å². The van der Waals surface area contributed by atoms with Gasteiger partial charge in [0.2, 0.25) is 0 Å². The Bertz CT molecular complexity index is 680. The summed E-state index contributed by atoms with van der Waals surface area (Å²) in [4.78, 5) is 12.3. The molecule has 1 amide bonds. The van der Waals surface area contributed by atoms with E-state index in [9.17, 15) is 4.79 Å². The maximum atomic E-state index is 12.3. The first kappa shape index (κ1) is 19.6. The lowest BCUT2D eigenvalue weighted by atomic mass is 9.97. The van der Waals surface area contributed by atoms with Gasteiger partial charge in [-0.1, -0.05) is 26.0 Å². The summed E-state index contributed by atoms with van der Waals surface area (Å²) >= 11 is 0. The number of rotatable bonds is 9. The van der Waals surface area contributed by atoms with Crippen LogP contribution in [0.15, 0.2) is 48.5 Å². The van der Waals surface area contributed by atoms with Crippen LogP contribution in [0.5, 0.6) is 17.2 Å². The normalized spacial score (nSPS) is 11.7. The molecular weight excluding hydrogens is 330 g/mol. The van der Waals surface area contributed by atoms with E-state index in [-0.39, 0.29) is 18.6 Å². The van der Waals surface area contributed by atoms with Crippen LogP contribution >= 0.6 is 0 Å². The van der Waals surface area contributed by atoms with Gasteiger partial charge in [0.1, 0.15) is 17.2 Å². The predicted molar refractivity (Wildman–Crippen MR) is 102 cm³/mol. The molecule has 0 bridgehead atoms. The van der Waals surface area contributed by atoms with Gasteiger partial charge >= 0.3 is 0 Å². The number of amides is 1. The number of ether oxygens (including phenoxy) is 3. The molecule has 2 aromatic carbocycles. The Balaban J connectivity index is 1.96. The Morgan fingerprint density at radius 1 is 0.885 bits per heavy atom. The Hall–Kier alpha value is -2.69. The van der Waals surface area contributed by atoms with Crippen molar-refractivity contribution >= 4 is 5.91 Å². The van der Waals surface area contributed by atoms with Crippen LogP contribution in [0.4, 0.5) is 0 Å². The largest absolute Gasteiger partial charge is 0.497 e. The van der Waals surface area contributed by atoms with Gasteiger partial charge in [-0.3, -0.25) is 4.79 Å². The fourth-order valence-electron chi connectivity index (χ4n) is 2.64. The fourth-order valence-corrected chi connectivity index (χ4v) is 2.64. The second kappa shape index (κ2) is 9.70. The molecule has 0 saturated heterocycles. The first-order valence-corrected chi connectivity index (χ1v) is 8.72. The Morgan fingerprint density at radius 3 is 1.88 bits per heavy atom. The molecule has 1 N–H and O–H groups in total. The number of carbonyl (C=O) groups excluding carboxylic acids is 1. The summed E-state index contributed by atoms with van der Waals surface area (Å²) in [7, 11) is 3.25. The minimum absolute atomic E-state index is 0.0307. The van der Waals surface area contributed by atoms with Crippen molar-refractivity contribution in [1.82, 2.24) is 5.32 Å². The molecular formula is C21H27NO4. The number of benzene rings is 2. The van der Waals surface area contributed by atoms with Gasteiger partial charge in [0.25, 0.3) is 5.91 Å². The fraction of sp³-hybridized carbons (Fsp3) is 0.381. The summed E-state index contributed by atoms with van der Waals surface area (Å²) in [6.45, 7) is 4.24. The van der Waals surface area contributed by atoms with Crippen LogP contribution in [0.1, 0.15) is 31.9 Å². The van der Waals surface area contributed by atoms with E-state index in [0.717, 1.165) is 23.5 Å². The van der Waals surface area contributed by atoms with Crippen LogP contribution in [0, 0.1) is 5.92 Å². The smallest absolute Gasteiger partial charge is 0.258 e. The second-order valence-corrected chi connectivity index (χ2v) is 6.49. The lowest BCUT2D eigenvalue weighted by Crippen LogP contribution is -2.33. The summed E-state index contributed by atoms with van der Waals surface area (Å²) in [5.41, 5.74) is 1.05. The molecule has 5 heteroatoms. The number of hydrogen-bond acceptors (Lipinski definition) is 4. The van der Waals surface area contributed by atoms with E-state index in [1.807, 2.05) is 24.3 Å². The van der Waals surface area contributed by atoms with Gasteiger partial charge in [-0.05, 0) is 54.3 Å². The molecule has 0 spiro atoms. The standard InChI is InChI=1S/C21H27NO4/c1-15(2)13-20(16-5-7-17(24-3)8-6-16)22-21(23)14-26-19-11-9-18(25-4)10-12-19/h5-12,15,20H,13-14H2,1-4H3,(H,22,23). The molecule has 0 heterocycles. The zero-order valence-electron chi connectivity index (χ0n) is 15.8. The molecule has 1 atom stereocenters. The highest BCUT2D eigenvalue weighted by Crippen LogP contribution is 2.23. The van der Waals surface area contributed by atoms with Crippen molar-refractivity contribution < 1.29 is 19.0 Å². The van der Waals surface area contributed by atoms with Crippen molar-refractivity contribution in [2.45, 2.75) is 26.3 Å². The molecule has 0 aliphatic rings. The van der Waals surface area contributed by atoms with E-state index in [4.69, 9.17) is 14.2 Å². The van der Waals surface area contributed by atoms with E-state index < -0.39 is 0 Å². The molecule has 140 valence electrons. The minimum atomic E-state index is -0.151. The third kappa shape index (κ3) is 5.99. The van der Waals surface area contributed by atoms with Crippen LogP contribution in [0.3, 0.4) is 0 Å². The van der Waals surface area contributed by atoms with Crippen molar-refractivity contribution in [2.75, 3.05) is 20.8 Å². The van der Waals surface area contributed by atoms with E-state index in [2.05, 4.69) is 19.2 Å². The second-order valence-electron chi connectivity index (χ2n) is 6.49.